The molecular weight excluding hydrogens is 246 g/mol. The van der Waals surface area contributed by atoms with Crippen LogP contribution in [0.2, 0.25) is 0 Å². The van der Waals surface area contributed by atoms with Gasteiger partial charge in [-0.15, -0.1) is 0 Å². The molecule has 0 spiro atoms. The molecule has 3 nitrogen and oxygen atoms in total. The van der Waals surface area contributed by atoms with Gasteiger partial charge in [-0.1, -0.05) is 41.2 Å². The van der Waals surface area contributed by atoms with Gasteiger partial charge in [-0.25, -0.2) is 9.98 Å². The molecule has 0 saturated carbocycles. The first-order valence-electron chi connectivity index (χ1n) is 7.46. The van der Waals surface area contributed by atoms with Crippen LogP contribution < -0.4 is 0 Å². The number of aliphatic imine (C=N–C) groups is 2. The maximum Gasteiger partial charge on any atom is 0.225 e. The predicted octanol–water partition coefficient (Wildman–Crippen LogP) is 4.75. The molecule has 1 atom stereocenters. The largest absolute Gasteiger partial charge is 0.341 e. The molecule has 0 amide bonds. The van der Waals surface area contributed by atoms with Gasteiger partial charge in [-0.3, -0.25) is 0 Å². The molecule has 20 heavy (non-hydrogen) atoms. The Morgan fingerprint density at radius 3 is 1.95 bits per heavy atom. The number of hydrogen-bond acceptors (Lipinski definition) is 1. The first-order chi connectivity index (χ1) is 8.94. The fourth-order valence-corrected chi connectivity index (χ4v) is 1.86. The van der Waals surface area contributed by atoms with E-state index in [1.54, 1.807) is 0 Å². The van der Waals surface area contributed by atoms with Crippen molar-refractivity contribution in [3.8, 4) is 0 Å². The van der Waals surface area contributed by atoms with Crippen molar-refractivity contribution in [1.82, 2.24) is 4.90 Å². The van der Waals surface area contributed by atoms with Gasteiger partial charge in [0, 0.05) is 24.5 Å². The van der Waals surface area contributed by atoms with Gasteiger partial charge in [0.2, 0.25) is 5.96 Å². The average molecular weight is 279 g/mol. The molecular formula is C17H33N3. The van der Waals surface area contributed by atoms with Crippen molar-refractivity contribution in [2.75, 3.05) is 7.05 Å². The minimum absolute atomic E-state index is 0.290. The molecule has 116 valence electrons. The normalized spacial score (nSPS) is 14.2. The standard InChI is InChI=1S/C17H33N3/c1-12(2)15(6)19-16(18-13(3)4)20(10)14(5)11-17(7,8)9/h12,14H,6,11H2,1-5,7-10H3. The van der Waals surface area contributed by atoms with E-state index in [0.717, 1.165) is 23.8 Å². The van der Waals surface area contributed by atoms with Crippen LogP contribution in [0.15, 0.2) is 22.3 Å². The Balaban J connectivity index is 5.24. The molecule has 3 heteroatoms. The predicted molar refractivity (Wildman–Crippen MR) is 91.5 cm³/mol. The number of nitrogens with zero attached hydrogens (tertiary/aromatic N) is 3. The minimum atomic E-state index is 0.290. The van der Waals surface area contributed by atoms with Crippen molar-refractivity contribution >= 4 is 11.7 Å². The quantitative estimate of drug-likeness (QED) is 0.539. The van der Waals surface area contributed by atoms with Gasteiger partial charge in [0.15, 0.2) is 0 Å². The Labute approximate surface area is 125 Å². The van der Waals surface area contributed by atoms with Gasteiger partial charge >= 0.3 is 0 Å². The molecule has 0 aromatic heterocycles. The van der Waals surface area contributed by atoms with Crippen LogP contribution in [0.25, 0.3) is 0 Å². The van der Waals surface area contributed by atoms with E-state index < -0.39 is 0 Å². The van der Waals surface area contributed by atoms with Gasteiger partial charge in [0.1, 0.15) is 0 Å². The van der Waals surface area contributed by atoms with Crippen molar-refractivity contribution in [3.05, 3.63) is 12.3 Å². The lowest BCUT2D eigenvalue weighted by Gasteiger charge is -2.31. The summed E-state index contributed by atoms with van der Waals surface area (Å²) >= 11 is 0. The van der Waals surface area contributed by atoms with Crippen molar-refractivity contribution < 1.29 is 0 Å². The molecule has 0 saturated heterocycles. The highest BCUT2D eigenvalue weighted by Crippen LogP contribution is 2.23. The molecule has 0 rings (SSSR count). The summed E-state index contributed by atoms with van der Waals surface area (Å²) < 4.78 is 0. The van der Waals surface area contributed by atoms with E-state index in [0.29, 0.717) is 17.4 Å². The van der Waals surface area contributed by atoms with Crippen LogP contribution in [0.3, 0.4) is 0 Å². The van der Waals surface area contributed by atoms with E-state index in [2.05, 4.69) is 70.1 Å². The molecule has 0 aromatic rings. The molecule has 0 radical (unpaired) electrons. The van der Waals surface area contributed by atoms with E-state index in [-0.39, 0.29) is 0 Å². The van der Waals surface area contributed by atoms with Gasteiger partial charge in [-0.05, 0) is 38.5 Å². The summed E-state index contributed by atoms with van der Waals surface area (Å²) in [4.78, 5) is 11.4. The van der Waals surface area contributed by atoms with Gasteiger partial charge < -0.3 is 4.90 Å². The van der Waals surface area contributed by atoms with Crippen LogP contribution >= 0.6 is 0 Å². The molecule has 0 aromatic carbocycles. The highest BCUT2D eigenvalue weighted by molar-refractivity contribution is 5.95. The summed E-state index contributed by atoms with van der Waals surface area (Å²) in [5.74, 6) is 1.10. The zero-order valence-electron chi connectivity index (χ0n) is 14.9. The summed E-state index contributed by atoms with van der Waals surface area (Å²) in [7, 11) is 2.06. The summed E-state index contributed by atoms with van der Waals surface area (Å²) in [6.45, 7) is 21.2. The third-order valence-corrected chi connectivity index (χ3v) is 3.12. The molecule has 0 fully saturated rings. The molecule has 1 unspecified atom stereocenters. The topological polar surface area (TPSA) is 28.0 Å². The Bertz CT molecular complexity index is 380. The smallest absolute Gasteiger partial charge is 0.225 e. The molecule has 0 aliphatic carbocycles. The number of rotatable bonds is 4. The van der Waals surface area contributed by atoms with Crippen LogP contribution in [0.5, 0.6) is 0 Å². The van der Waals surface area contributed by atoms with Crippen LogP contribution in [0, 0.1) is 11.3 Å². The second-order valence-corrected chi connectivity index (χ2v) is 7.34. The molecule has 0 heterocycles. The first kappa shape index (κ1) is 18.9. The molecule has 0 aliphatic heterocycles. The van der Waals surface area contributed by atoms with Crippen LogP contribution in [0.4, 0.5) is 0 Å². The van der Waals surface area contributed by atoms with Crippen molar-refractivity contribution in [1.29, 1.82) is 0 Å². The molecule has 0 N–H and O–H groups in total. The maximum absolute atomic E-state index is 4.63. The SMILES string of the molecule is C=C(N=C(N=C(C)C)N(C)C(C)CC(C)(C)C)C(C)C. The fourth-order valence-electron chi connectivity index (χ4n) is 1.86. The summed E-state index contributed by atoms with van der Waals surface area (Å²) in [5, 5.41) is 0. The summed E-state index contributed by atoms with van der Waals surface area (Å²) in [5.41, 5.74) is 2.17. The number of hydrogen-bond donors (Lipinski definition) is 0. The third kappa shape index (κ3) is 7.46. The Kier molecular flexibility index (Phi) is 7.18. The average Bonchev–Trinajstić information content (AvgIpc) is 2.23. The number of allylic oxidation sites excluding steroid dienone is 1. The van der Waals surface area contributed by atoms with Gasteiger partial charge in [0.05, 0.1) is 0 Å². The van der Waals surface area contributed by atoms with Crippen molar-refractivity contribution in [2.45, 2.75) is 67.9 Å². The van der Waals surface area contributed by atoms with Gasteiger partial charge in [0.25, 0.3) is 0 Å². The van der Waals surface area contributed by atoms with Crippen molar-refractivity contribution in [2.24, 2.45) is 21.3 Å². The zero-order valence-corrected chi connectivity index (χ0v) is 14.9. The Hall–Kier alpha value is -1.12. The van der Waals surface area contributed by atoms with Crippen LogP contribution in [-0.4, -0.2) is 29.7 Å². The minimum Gasteiger partial charge on any atom is -0.341 e. The summed E-state index contributed by atoms with van der Waals surface area (Å²) in [6, 6.07) is 0.386. The second-order valence-electron chi connectivity index (χ2n) is 7.34. The highest BCUT2D eigenvalue weighted by Gasteiger charge is 2.21. The molecule has 0 aliphatic rings. The van der Waals surface area contributed by atoms with Crippen LogP contribution in [-0.2, 0) is 0 Å². The monoisotopic (exact) mass is 279 g/mol. The lowest BCUT2D eigenvalue weighted by atomic mass is 9.88. The fraction of sp³-hybridized carbons (Fsp3) is 0.765. The van der Waals surface area contributed by atoms with Crippen molar-refractivity contribution in [3.63, 3.8) is 0 Å². The first-order valence-corrected chi connectivity index (χ1v) is 7.46. The number of guanidine groups is 1. The van der Waals surface area contributed by atoms with E-state index in [1.165, 1.54) is 0 Å². The summed E-state index contributed by atoms with van der Waals surface area (Å²) in [6.07, 6.45) is 1.09. The van der Waals surface area contributed by atoms with E-state index in [1.807, 2.05) is 13.8 Å². The Morgan fingerprint density at radius 1 is 1.10 bits per heavy atom. The molecule has 0 bridgehead atoms. The maximum atomic E-state index is 4.63. The highest BCUT2D eigenvalue weighted by atomic mass is 15.3. The van der Waals surface area contributed by atoms with E-state index in [4.69, 9.17) is 0 Å². The van der Waals surface area contributed by atoms with E-state index >= 15 is 0 Å². The lowest BCUT2D eigenvalue weighted by Crippen LogP contribution is -2.37. The van der Waals surface area contributed by atoms with Crippen LogP contribution in [0.1, 0.15) is 61.8 Å². The third-order valence-electron chi connectivity index (χ3n) is 3.12. The second kappa shape index (κ2) is 7.61. The van der Waals surface area contributed by atoms with Gasteiger partial charge in [-0.2, -0.15) is 0 Å². The zero-order chi connectivity index (χ0) is 16.1. The van der Waals surface area contributed by atoms with E-state index in [9.17, 15) is 0 Å². The lowest BCUT2D eigenvalue weighted by molar-refractivity contribution is 0.260. The Morgan fingerprint density at radius 2 is 1.60 bits per heavy atom.